The highest BCUT2D eigenvalue weighted by molar-refractivity contribution is 6.34. The van der Waals surface area contributed by atoms with Crippen molar-refractivity contribution in [2.75, 3.05) is 0 Å². The lowest BCUT2D eigenvalue weighted by Crippen LogP contribution is -2.01. The standard InChI is InChI=1S/C14H13ClN4/c1-2-8-19-9-7-16-14(19)12-10-5-3-4-6-11(10)13(15)18-17-12/h3-7,9H,2,8H2,1H3. The molecule has 0 atom stereocenters. The van der Waals surface area contributed by atoms with E-state index in [1.54, 1.807) is 6.20 Å². The first-order valence-electron chi connectivity index (χ1n) is 6.23. The first-order chi connectivity index (χ1) is 9.31. The number of hydrogen-bond acceptors (Lipinski definition) is 3. The summed E-state index contributed by atoms with van der Waals surface area (Å²) in [5.41, 5.74) is 0.776. The maximum absolute atomic E-state index is 6.09. The summed E-state index contributed by atoms with van der Waals surface area (Å²) in [6.07, 6.45) is 4.79. The van der Waals surface area contributed by atoms with E-state index in [9.17, 15) is 0 Å². The molecule has 0 bridgehead atoms. The fraction of sp³-hybridized carbons (Fsp3) is 0.214. The molecule has 1 aromatic carbocycles. The number of aryl methyl sites for hydroxylation is 1. The van der Waals surface area contributed by atoms with Gasteiger partial charge in [0.2, 0.25) is 0 Å². The van der Waals surface area contributed by atoms with Gasteiger partial charge < -0.3 is 4.57 Å². The van der Waals surface area contributed by atoms with Crippen LogP contribution >= 0.6 is 11.6 Å². The maximum atomic E-state index is 6.09. The third-order valence-electron chi connectivity index (χ3n) is 3.03. The largest absolute Gasteiger partial charge is 0.330 e. The minimum Gasteiger partial charge on any atom is -0.330 e. The predicted octanol–water partition coefficient (Wildman–Crippen LogP) is 3.56. The molecule has 0 saturated carbocycles. The maximum Gasteiger partial charge on any atom is 0.161 e. The zero-order valence-corrected chi connectivity index (χ0v) is 11.3. The van der Waals surface area contributed by atoms with Gasteiger partial charge >= 0.3 is 0 Å². The van der Waals surface area contributed by atoms with E-state index in [-0.39, 0.29) is 0 Å². The smallest absolute Gasteiger partial charge is 0.161 e. The average molecular weight is 273 g/mol. The fourth-order valence-corrected chi connectivity index (χ4v) is 2.39. The Labute approximate surface area is 116 Å². The molecule has 3 aromatic rings. The number of aromatic nitrogens is 4. The highest BCUT2D eigenvalue weighted by Gasteiger charge is 2.13. The number of halogens is 1. The van der Waals surface area contributed by atoms with Crippen LogP contribution in [0.3, 0.4) is 0 Å². The first-order valence-corrected chi connectivity index (χ1v) is 6.61. The molecule has 0 amide bonds. The number of fused-ring (bicyclic) bond motifs is 1. The van der Waals surface area contributed by atoms with Crippen molar-refractivity contribution in [1.29, 1.82) is 0 Å². The number of benzene rings is 1. The van der Waals surface area contributed by atoms with Crippen molar-refractivity contribution in [3.8, 4) is 11.5 Å². The number of rotatable bonds is 3. The molecule has 0 N–H and O–H groups in total. The topological polar surface area (TPSA) is 43.6 Å². The average Bonchev–Trinajstić information content (AvgIpc) is 2.88. The van der Waals surface area contributed by atoms with Gasteiger partial charge in [-0.05, 0) is 6.42 Å². The van der Waals surface area contributed by atoms with Gasteiger partial charge in [-0.15, -0.1) is 10.2 Å². The van der Waals surface area contributed by atoms with E-state index in [1.807, 2.05) is 30.5 Å². The highest BCUT2D eigenvalue weighted by Crippen LogP contribution is 2.28. The van der Waals surface area contributed by atoms with Crippen LogP contribution in [-0.4, -0.2) is 19.7 Å². The van der Waals surface area contributed by atoms with E-state index in [0.29, 0.717) is 5.15 Å². The summed E-state index contributed by atoms with van der Waals surface area (Å²) in [4.78, 5) is 4.40. The number of hydrogen-bond donors (Lipinski definition) is 0. The Kier molecular flexibility index (Phi) is 3.17. The van der Waals surface area contributed by atoms with Gasteiger partial charge in [0.1, 0.15) is 5.69 Å². The Morgan fingerprint density at radius 1 is 1.16 bits per heavy atom. The summed E-state index contributed by atoms with van der Waals surface area (Å²) in [7, 11) is 0. The third-order valence-corrected chi connectivity index (χ3v) is 3.31. The van der Waals surface area contributed by atoms with Crippen molar-refractivity contribution in [2.24, 2.45) is 0 Å². The van der Waals surface area contributed by atoms with E-state index in [1.165, 1.54) is 0 Å². The van der Waals surface area contributed by atoms with Gasteiger partial charge in [-0.1, -0.05) is 42.8 Å². The summed E-state index contributed by atoms with van der Waals surface area (Å²) in [5.74, 6) is 0.835. The minimum absolute atomic E-state index is 0.424. The molecule has 19 heavy (non-hydrogen) atoms. The van der Waals surface area contributed by atoms with Crippen LogP contribution in [-0.2, 0) is 6.54 Å². The van der Waals surface area contributed by atoms with Gasteiger partial charge in [-0.3, -0.25) is 0 Å². The Bertz CT molecular complexity index is 720. The normalized spacial score (nSPS) is 11.1. The van der Waals surface area contributed by atoms with Gasteiger partial charge in [0.05, 0.1) is 0 Å². The van der Waals surface area contributed by atoms with Gasteiger partial charge in [0.15, 0.2) is 11.0 Å². The van der Waals surface area contributed by atoms with Crippen LogP contribution in [0.5, 0.6) is 0 Å². The van der Waals surface area contributed by atoms with E-state index < -0.39 is 0 Å². The van der Waals surface area contributed by atoms with Crippen LogP contribution in [0.2, 0.25) is 5.15 Å². The summed E-state index contributed by atoms with van der Waals surface area (Å²) in [6.45, 7) is 3.05. The summed E-state index contributed by atoms with van der Waals surface area (Å²) >= 11 is 6.09. The Balaban J connectivity index is 2.25. The molecule has 5 heteroatoms. The van der Waals surface area contributed by atoms with Crippen LogP contribution in [0.1, 0.15) is 13.3 Å². The SMILES string of the molecule is CCCn1ccnc1-c1nnc(Cl)c2ccccc12. The van der Waals surface area contributed by atoms with Gasteiger partial charge in [0.25, 0.3) is 0 Å². The van der Waals surface area contributed by atoms with E-state index in [2.05, 4.69) is 26.7 Å². The van der Waals surface area contributed by atoms with Crippen molar-refractivity contribution in [1.82, 2.24) is 19.7 Å². The molecule has 0 aliphatic heterocycles. The Morgan fingerprint density at radius 2 is 1.95 bits per heavy atom. The second-order valence-electron chi connectivity index (χ2n) is 4.33. The molecule has 0 saturated heterocycles. The second-order valence-corrected chi connectivity index (χ2v) is 4.69. The molecule has 0 spiro atoms. The summed E-state index contributed by atoms with van der Waals surface area (Å²) in [6, 6.07) is 7.86. The summed E-state index contributed by atoms with van der Waals surface area (Å²) in [5, 5.41) is 10.6. The molecule has 0 aliphatic carbocycles. The molecule has 0 unspecified atom stereocenters. The zero-order chi connectivity index (χ0) is 13.2. The molecule has 4 nitrogen and oxygen atoms in total. The summed E-state index contributed by atoms with van der Waals surface area (Å²) < 4.78 is 2.09. The van der Waals surface area contributed by atoms with Gasteiger partial charge in [-0.25, -0.2) is 4.98 Å². The van der Waals surface area contributed by atoms with Crippen LogP contribution in [0.4, 0.5) is 0 Å². The monoisotopic (exact) mass is 272 g/mol. The Hall–Kier alpha value is -1.94. The third kappa shape index (κ3) is 2.08. The lowest BCUT2D eigenvalue weighted by Gasteiger charge is -2.08. The molecule has 3 rings (SSSR count). The van der Waals surface area contributed by atoms with E-state index in [0.717, 1.165) is 35.3 Å². The number of nitrogens with zero attached hydrogens (tertiary/aromatic N) is 4. The van der Waals surface area contributed by atoms with Crippen LogP contribution in [0.25, 0.3) is 22.3 Å². The van der Waals surface area contributed by atoms with Crippen molar-refractivity contribution >= 4 is 22.4 Å². The molecule has 2 heterocycles. The molecule has 2 aromatic heterocycles. The van der Waals surface area contributed by atoms with Crippen LogP contribution < -0.4 is 0 Å². The van der Waals surface area contributed by atoms with Crippen LogP contribution in [0.15, 0.2) is 36.7 Å². The quantitative estimate of drug-likeness (QED) is 0.732. The van der Waals surface area contributed by atoms with Crippen molar-refractivity contribution < 1.29 is 0 Å². The van der Waals surface area contributed by atoms with E-state index in [4.69, 9.17) is 11.6 Å². The van der Waals surface area contributed by atoms with Crippen molar-refractivity contribution in [3.05, 3.63) is 41.8 Å². The first kappa shape index (κ1) is 12.1. The molecular weight excluding hydrogens is 260 g/mol. The highest BCUT2D eigenvalue weighted by atomic mass is 35.5. The predicted molar refractivity (Wildman–Crippen MR) is 76.1 cm³/mol. The lowest BCUT2D eigenvalue weighted by molar-refractivity contribution is 0.683. The fourth-order valence-electron chi connectivity index (χ4n) is 2.18. The van der Waals surface area contributed by atoms with Crippen molar-refractivity contribution in [3.63, 3.8) is 0 Å². The zero-order valence-electron chi connectivity index (χ0n) is 10.5. The van der Waals surface area contributed by atoms with E-state index >= 15 is 0 Å². The Morgan fingerprint density at radius 3 is 2.74 bits per heavy atom. The van der Waals surface area contributed by atoms with Gasteiger partial charge in [-0.2, -0.15) is 0 Å². The lowest BCUT2D eigenvalue weighted by atomic mass is 10.1. The molecule has 0 aliphatic rings. The van der Waals surface area contributed by atoms with Crippen LogP contribution in [0, 0.1) is 0 Å². The molecule has 96 valence electrons. The molecule has 0 radical (unpaired) electrons. The van der Waals surface area contributed by atoms with Gasteiger partial charge in [0, 0.05) is 29.7 Å². The minimum atomic E-state index is 0.424. The molecule has 0 fully saturated rings. The number of imidazole rings is 1. The molecular formula is C14H13ClN4. The second kappa shape index (κ2) is 4.97. The van der Waals surface area contributed by atoms with Crippen molar-refractivity contribution in [2.45, 2.75) is 19.9 Å².